The van der Waals surface area contributed by atoms with E-state index in [1.54, 1.807) is 13.8 Å². The highest BCUT2D eigenvalue weighted by molar-refractivity contribution is 5.97. The minimum absolute atomic E-state index is 0.205. The van der Waals surface area contributed by atoms with Gasteiger partial charge in [-0.1, -0.05) is 12.1 Å². The van der Waals surface area contributed by atoms with E-state index in [9.17, 15) is 18.0 Å². The van der Waals surface area contributed by atoms with Crippen LogP contribution in [-0.4, -0.2) is 11.9 Å². The summed E-state index contributed by atoms with van der Waals surface area (Å²) in [5, 5.41) is 2.47. The van der Waals surface area contributed by atoms with E-state index in [1.807, 2.05) is 0 Å². The highest BCUT2D eigenvalue weighted by atomic mass is 19.4. The van der Waals surface area contributed by atoms with E-state index in [0.717, 1.165) is 6.07 Å². The summed E-state index contributed by atoms with van der Waals surface area (Å²) in [5.74, 6) is -0.689. The number of carbonyl (C=O) groups is 1. The average molecular weight is 245 g/mol. The fourth-order valence-corrected chi connectivity index (χ4v) is 1.54. The van der Waals surface area contributed by atoms with E-state index in [4.69, 9.17) is 0 Å². The van der Waals surface area contributed by atoms with Crippen molar-refractivity contribution in [2.45, 2.75) is 33.0 Å². The van der Waals surface area contributed by atoms with Gasteiger partial charge in [0.2, 0.25) is 0 Å². The Morgan fingerprint density at radius 3 is 2.35 bits per heavy atom. The maximum Gasteiger partial charge on any atom is 0.417 e. The zero-order valence-corrected chi connectivity index (χ0v) is 9.85. The van der Waals surface area contributed by atoms with Crippen LogP contribution in [-0.2, 0) is 6.18 Å². The zero-order chi connectivity index (χ0) is 13.2. The van der Waals surface area contributed by atoms with E-state index in [0.29, 0.717) is 5.56 Å². The summed E-state index contributed by atoms with van der Waals surface area (Å²) >= 11 is 0. The molecule has 1 N–H and O–H groups in total. The molecule has 0 heterocycles. The normalized spacial score (nSPS) is 11.7. The first-order chi connectivity index (χ1) is 7.73. The average Bonchev–Trinajstić information content (AvgIpc) is 2.14. The number of halogens is 3. The van der Waals surface area contributed by atoms with Gasteiger partial charge >= 0.3 is 6.18 Å². The van der Waals surface area contributed by atoms with Crippen LogP contribution in [0.25, 0.3) is 0 Å². The summed E-state index contributed by atoms with van der Waals surface area (Å²) in [6, 6.07) is 3.50. The highest BCUT2D eigenvalue weighted by Gasteiger charge is 2.35. The van der Waals surface area contributed by atoms with Crippen LogP contribution < -0.4 is 5.32 Å². The predicted molar refractivity (Wildman–Crippen MR) is 58.8 cm³/mol. The molecule has 1 aromatic carbocycles. The van der Waals surface area contributed by atoms with Gasteiger partial charge in [-0.2, -0.15) is 13.2 Å². The lowest BCUT2D eigenvalue weighted by Crippen LogP contribution is -2.32. The van der Waals surface area contributed by atoms with Crippen molar-refractivity contribution in [2.24, 2.45) is 0 Å². The molecule has 0 aliphatic heterocycles. The number of aryl methyl sites for hydroxylation is 1. The maximum absolute atomic E-state index is 12.7. The second-order valence-corrected chi connectivity index (χ2v) is 4.12. The van der Waals surface area contributed by atoms with Gasteiger partial charge in [0, 0.05) is 6.04 Å². The minimum atomic E-state index is -4.52. The van der Waals surface area contributed by atoms with E-state index >= 15 is 0 Å². The SMILES string of the molecule is Cc1cccc(C(F)(F)F)c1C(=O)NC(C)C. The van der Waals surface area contributed by atoms with Gasteiger partial charge in [0.15, 0.2) is 0 Å². The molecule has 0 radical (unpaired) electrons. The standard InChI is InChI=1S/C12H14F3NO/c1-7(2)16-11(17)10-8(3)5-4-6-9(10)12(13,14)15/h4-7H,1-3H3,(H,16,17). The van der Waals surface area contributed by atoms with Crippen LogP contribution in [0.4, 0.5) is 13.2 Å². The Hall–Kier alpha value is -1.52. The van der Waals surface area contributed by atoms with Crippen molar-refractivity contribution in [3.8, 4) is 0 Å². The molecule has 1 amide bonds. The largest absolute Gasteiger partial charge is 0.417 e. The second-order valence-electron chi connectivity index (χ2n) is 4.12. The fourth-order valence-electron chi connectivity index (χ4n) is 1.54. The lowest BCUT2D eigenvalue weighted by molar-refractivity contribution is -0.138. The van der Waals surface area contributed by atoms with Crippen LogP contribution in [0.5, 0.6) is 0 Å². The van der Waals surface area contributed by atoms with Crippen LogP contribution in [0.2, 0.25) is 0 Å². The molecular formula is C12H14F3NO. The molecule has 0 aliphatic rings. The van der Waals surface area contributed by atoms with Crippen LogP contribution in [0.3, 0.4) is 0 Å². The summed E-state index contributed by atoms with van der Waals surface area (Å²) in [7, 11) is 0. The Morgan fingerprint density at radius 1 is 1.29 bits per heavy atom. The van der Waals surface area contributed by atoms with Crippen molar-refractivity contribution in [3.63, 3.8) is 0 Å². The van der Waals surface area contributed by atoms with Crippen LogP contribution in [0, 0.1) is 6.92 Å². The molecule has 0 spiro atoms. The molecule has 0 fully saturated rings. The number of rotatable bonds is 2. The Labute approximate surface area is 97.8 Å². The smallest absolute Gasteiger partial charge is 0.350 e. The van der Waals surface area contributed by atoms with Crippen LogP contribution >= 0.6 is 0 Å². The molecule has 0 bridgehead atoms. The third kappa shape index (κ3) is 3.22. The molecule has 0 saturated carbocycles. The summed E-state index contributed by atoms with van der Waals surface area (Å²) in [6.45, 7) is 4.89. The van der Waals surface area contributed by atoms with Crippen molar-refractivity contribution in [2.75, 3.05) is 0 Å². The van der Waals surface area contributed by atoms with Crippen LogP contribution in [0.15, 0.2) is 18.2 Å². The number of benzene rings is 1. The molecule has 1 rings (SSSR count). The van der Waals surface area contributed by atoms with Gasteiger partial charge in [-0.3, -0.25) is 4.79 Å². The van der Waals surface area contributed by atoms with Gasteiger partial charge in [-0.05, 0) is 32.4 Å². The van der Waals surface area contributed by atoms with Gasteiger partial charge in [-0.15, -0.1) is 0 Å². The Kier molecular flexibility index (Phi) is 3.80. The van der Waals surface area contributed by atoms with Crippen LogP contribution in [0.1, 0.15) is 35.3 Å². The van der Waals surface area contributed by atoms with Crippen molar-refractivity contribution in [1.82, 2.24) is 5.32 Å². The molecule has 5 heteroatoms. The number of amides is 1. The first-order valence-electron chi connectivity index (χ1n) is 5.21. The number of hydrogen-bond donors (Lipinski definition) is 1. The summed E-state index contributed by atoms with van der Waals surface area (Å²) in [4.78, 5) is 11.7. The number of carbonyl (C=O) groups excluding carboxylic acids is 1. The zero-order valence-electron chi connectivity index (χ0n) is 9.85. The third-order valence-electron chi connectivity index (χ3n) is 2.23. The summed E-state index contributed by atoms with van der Waals surface area (Å²) < 4.78 is 38.2. The summed E-state index contributed by atoms with van der Waals surface area (Å²) in [6.07, 6.45) is -4.52. The molecule has 1 aromatic rings. The second kappa shape index (κ2) is 4.77. The molecule has 0 aliphatic carbocycles. The Balaban J connectivity index is 3.26. The molecular weight excluding hydrogens is 231 g/mol. The Morgan fingerprint density at radius 2 is 1.88 bits per heavy atom. The molecule has 0 atom stereocenters. The van der Waals surface area contributed by atoms with Crippen molar-refractivity contribution in [1.29, 1.82) is 0 Å². The van der Waals surface area contributed by atoms with Crippen molar-refractivity contribution in [3.05, 3.63) is 34.9 Å². The molecule has 17 heavy (non-hydrogen) atoms. The van der Waals surface area contributed by atoms with E-state index in [2.05, 4.69) is 5.32 Å². The number of nitrogens with one attached hydrogen (secondary N) is 1. The number of alkyl halides is 3. The summed E-state index contributed by atoms with van der Waals surface area (Å²) in [5.41, 5.74) is -0.873. The highest BCUT2D eigenvalue weighted by Crippen LogP contribution is 2.33. The third-order valence-corrected chi connectivity index (χ3v) is 2.23. The molecule has 0 unspecified atom stereocenters. The molecule has 0 saturated heterocycles. The van der Waals surface area contributed by atoms with Crippen molar-refractivity contribution >= 4 is 5.91 Å². The quantitative estimate of drug-likeness (QED) is 0.852. The molecule has 0 aromatic heterocycles. The van der Waals surface area contributed by atoms with Gasteiger partial charge in [0.25, 0.3) is 5.91 Å². The Bertz CT molecular complexity index is 424. The first-order valence-corrected chi connectivity index (χ1v) is 5.21. The van der Waals surface area contributed by atoms with Crippen molar-refractivity contribution < 1.29 is 18.0 Å². The van der Waals surface area contributed by atoms with Gasteiger partial charge in [0.1, 0.15) is 0 Å². The van der Waals surface area contributed by atoms with Gasteiger partial charge in [0.05, 0.1) is 11.1 Å². The van der Waals surface area contributed by atoms with Gasteiger partial charge < -0.3 is 5.32 Å². The lowest BCUT2D eigenvalue weighted by Gasteiger charge is -2.16. The first kappa shape index (κ1) is 13.5. The van der Waals surface area contributed by atoms with E-state index in [-0.39, 0.29) is 11.6 Å². The number of hydrogen-bond acceptors (Lipinski definition) is 1. The topological polar surface area (TPSA) is 29.1 Å². The lowest BCUT2D eigenvalue weighted by atomic mass is 10.0. The maximum atomic E-state index is 12.7. The molecule has 94 valence electrons. The van der Waals surface area contributed by atoms with Gasteiger partial charge in [-0.25, -0.2) is 0 Å². The fraction of sp³-hybridized carbons (Fsp3) is 0.417. The monoisotopic (exact) mass is 245 g/mol. The minimum Gasteiger partial charge on any atom is -0.350 e. The predicted octanol–water partition coefficient (Wildman–Crippen LogP) is 3.15. The molecule has 2 nitrogen and oxygen atoms in total. The van der Waals surface area contributed by atoms with E-state index in [1.165, 1.54) is 19.1 Å². The van der Waals surface area contributed by atoms with E-state index < -0.39 is 17.6 Å².